The van der Waals surface area contributed by atoms with Gasteiger partial charge in [0.05, 0.1) is 29.7 Å². The van der Waals surface area contributed by atoms with Gasteiger partial charge in [-0.15, -0.1) is 0 Å². The second-order valence-electron chi connectivity index (χ2n) is 11.6. The number of hydrogen-bond acceptors (Lipinski definition) is 5. The lowest BCUT2D eigenvalue weighted by molar-refractivity contribution is 0.0607. The molecule has 1 saturated heterocycles. The van der Waals surface area contributed by atoms with Gasteiger partial charge in [0.2, 0.25) is 0 Å². The van der Waals surface area contributed by atoms with Gasteiger partial charge in [0.25, 0.3) is 11.5 Å². The van der Waals surface area contributed by atoms with E-state index in [2.05, 4.69) is 5.32 Å². The second kappa shape index (κ2) is 10.4. The highest BCUT2D eigenvalue weighted by molar-refractivity contribution is 5.99. The van der Waals surface area contributed by atoms with E-state index in [1.807, 2.05) is 26.0 Å². The number of fused-ring (bicyclic) bond motifs is 2. The summed E-state index contributed by atoms with van der Waals surface area (Å²) in [6.45, 7) is 5.18. The van der Waals surface area contributed by atoms with Crippen LogP contribution in [0.15, 0.2) is 39.9 Å². The molecule has 0 radical (unpaired) electrons. The van der Waals surface area contributed by atoms with Gasteiger partial charge in [-0.1, -0.05) is 6.07 Å². The van der Waals surface area contributed by atoms with Crippen LogP contribution in [0.25, 0.3) is 10.9 Å². The fraction of sp³-hybridized carbons (Fsp3) is 0.467. The van der Waals surface area contributed by atoms with E-state index < -0.39 is 23.1 Å². The van der Waals surface area contributed by atoms with Gasteiger partial charge in [-0.05, 0) is 69.2 Å². The Kier molecular flexibility index (Phi) is 6.83. The van der Waals surface area contributed by atoms with Crippen LogP contribution in [0.5, 0.6) is 5.75 Å². The van der Waals surface area contributed by atoms with Gasteiger partial charge < -0.3 is 19.9 Å². The minimum absolute atomic E-state index is 0.0922. The Labute approximate surface area is 236 Å². The maximum absolute atomic E-state index is 15.3. The summed E-state index contributed by atoms with van der Waals surface area (Å²) in [5, 5.41) is 2.83. The molecule has 0 spiro atoms. The molecule has 1 aliphatic carbocycles. The third-order valence-electron chi connectivity index (χ3n) is 8.43. The van der Waals surface area contributed by atoms with Crippen molar-refractivity contribution in [3.8, 4) is 5.75 Å². The number of anilines is 1. The van der Waals surface area contributed by atoms with E-state index in [0.717, 1.165) is 30.9 Å². The van der Waals surface area contributed by atoms with Crippen LogP contribution in [0.1, 0.15) is 61.5 Å². The Balaban J connectivity index is 1.24. The molecule has 1 aromatic heterocycles. The van der Waals surface area contributed by atoms with Gasteiger partial charge >= 0.3 is 11.7 Å². The molecule has 11 heteroatoms. The molecule has 2 aromatic carbocycles. The Bertz CT molecular complexity index is 1670. The van der Waals surface area contributed by atoms with Crippen molar-refractivity contribution in [2.45, 2.75) is 64.7 Å². The van der Waals surface area contributed by atoms with Gasteiger partial charge in [-0.25, -0.2) is 14.0 Å². The Morgan fingerprint density at radius 2 is 1.90 bits per heavy atom. The van der Waals surface area contributed by atoms with Gasteiger partial charge in [-0.3, -0.25) is 18.7 Å². The molecule has 6 rings (SSSR count). The number of likely N-dealkylation sites (tertiary alicyclic amines) is 1. The molecule has 3 aromatic rings. The van der Waals surface area contributed by atoms with Crippen LogP contribution in [-0.4, -0.2) is 57.1 Å². The predicted octanol–water partition coefficient (Wildman–Crippen LogP) is 3.95. The number of halogens is 1. The molecular weight excluding hydrogens is 529 g/mol. The van der Waals surface area contributed by atoms with Crippen LogP contribution in [-0.2, 0) is 13.1 Å². The number of piperidine rings is 1. The number of rotatable bonds is 6. The van der Waals surface area contributed by atoms with E-state index in [4.69, 9.17) is 4.74 Å². The number of nitrogens with one attached hydrogen (secondary N) is 1. The summed E-state index contributed by atoms with van der Waals surface area (Å²) < 4.78 is 23.3. The molecular formula is C30H34FN5O5. The fourth-order valence-electron chi connectivity index (χ4n) is 6.03. The molecule has 3 aliphatic rings. The van der Waals surface area contributed by atoms with Gasteiger partial charge in [0, 0.05) is 43.9 Å². The van der Waals surface area contributed by atoms with Crippen molar-refractivity contribution in [1.29, 1.82) is 0 Å². The Morgan fingerprint density at radius 3 is 2.61 bits per heavy atom. The Hall–Kier alpha value is -4.15. The molecule has 41 heavy (non-hydrogen) atoms. The molecule has 10 nitrogen and oxygen atoms in total. The number of aromatic nitrogens is 2. The third kappa shape index (κ3) is 4.87. The molecule has 3 amide bonds. The van der Waals surface area contributed by atoms with E-state index in [0.29, 0.717) is 49.8 Å². The highest BCUT2D eigenvalue weighted by Crippen LogP contribution is 2.32. The highest BCUT2D eigenvalue weighted by Gasteiger charge is 2.36. The van der Waals surface area contributed by atoms with Crippen molar-refractivity contribution in [1.82, 2.24) is 18.9 Å². The summed E-state index contributed by atoms with van der Waals surface area (Å²) in [4.78, 5) is 56.4. The van der Waals surface area contributed by atoms with Crippen LogP contribution in [0.3, 0.4) is 0 Å². The fourth-order valence-corrected chi connectivity index (χ4v) is 6.03. The van der Waals surface area contributed by atoms with Crippen LogP contribution in [0.2, 0.25) is 0 Å². The molecule has 3 heterocycles. The van der Waals surface area contributed by atoms with Crippen molar-refractivity contribution in [2.24, 2.45) is 5.92 Å². The summed E-state index contributed by atoms with van der Waals surface area (Å²) in [6.07, 6.45) is 3.37. The first-order valence-corrected chi connectivity index (χ1v) is 14.2. The average Bonchev–Trinajstić information content (AvgIpc) is 3.72. The van der Waals surface area contributed by atoms with Crippen LogP contribution in [0.4, 0.5) is 14.9 Å². The SMILES string of the molecule is COc1ccc2c(c1)C(=O)N([C@@H]1CCCN(C(=O)Nc3cc4c(=O)n(CC5CC5)c(=O)n(C(C)C)c4cc3F)C1)C2. The van der Waals surface area contributed by atoms with E-state index in [1.165, 1.54) is 15.2 Å². The summed E-state index contributed by atoms with van der Waals surface area (Å²) in [5.41, 5.74) is 0.687. The van der Waals surface area contributed by atoms with E-state index in [-0.39, 0.29) is 34.6 Å². The standard InChI is InChI=1S/C30H34FN5O5/c1-17(2)36-26-13-24(31)25(12-23(26)28(38)35(30(36)40)14-18-6-7-18)32-29(39)33-10-4-5-20(16-33)34-15-19-8-9-21(41-3)11-22(19)27(34)37/h8-9,11-13,17-18,20H,4-7,10,14-16H2,1-3H3,(H,32,39)/t20-/m1/s1. The summed E-state index contributed by atoms with van der Waals surface area (Å²) in [7, 11) is 1.56. The van der Waals surface area contributed by atoms with Crippen molar-refractivity contribution in [3.05, 3.63) is 68.1 Å². The smallest absolute Gasteiger partial charge is 0.331 e. The largest absolute Gasteiger partial charge is 0.497 e. The molecule has 2 fully saturated rings. The van der Waals surface area contributed by atoms with Crippen molar-refractivity contribution >= 4 is 28.5 Å². The second-order valence-corrected chi connectivity index (χ2v) is 11.6. The number of hydrogen-bond donors (Lipinski definition) is 1. The number of benzene rings is 2. The van der Waals surface area contributed by atoms with Crippen LogP contribution >= 0.6 is 0 Å². The molecule has 1 saturated carbocycles. The molecule has 0 unspecified atom stereocenters. The normalized spacial score (nSPS) is 18.8. The lowest BCUT2D eigenvalue weighted by Crippen LogP contribution is -2.51. The maximum atomic E-state index is 15.3. The quantitative estimate of drug-likeness (QED) is 0.489. The zero-order valence-electron chi connectivity index (χ0n) is 23.5. The molecule has 1 atom stereocenters. The topological polar surface area (TPSA) is 106 Å². The number of amides is 3. The van der Waals surface area contributed by atoms with Crippen molar-refractivity contribution in [3.63, 3.8) is 0 Å². The molecule has 216 valence electrons. The zero-order valence-corrected chi connectivity index (χ0v) is 23.5. The lowest BCUT2D eigenvalue weighted by Gasteiger charge is -2.37. The number of methoxy groups -OCH3 is 1. The number of nitrogens with zero attached hydrogens (tertiary/aromatic N) is 4. The lowest BCUT2D eigenvalue weighted by atomic mass is 10.0. The van der Waals surface area contributed by atoms with Crippen LogP contribution in [0, 0.1) is 11.7 Å². The van der Waals surface area contributed by atoms with Gasteiger partial charge in [0.1, 0.15) is 11.6 Å². The highest BCUT2D eigenvalue weighted by atomic mass is 19.1. The minimum Gasteiger partial charge on any atom is -0.497 e. The Morgan fingerprint density at radius 1 is 1.12 bits per heavy atom. The van der Waals surface area contributed by atoms with E-state index >= 15 is 4.39 Å². The monoisotopic (exact) mass is 563 g/mol. The average molecular weight is 564 g/mol. The first kappa shape index (κ1) is 27.0. The summed E-state index contributed by atoms with van der Waals surface area (Å²) in [6, 6.07) is 6.97. The maximum Gasteiger partial charge on any atom is 0.331 e. The molecule has 0 bridgehead atoms. The molecule has 1 N–H and O–H groups in total. The van der Waals surface area contributed by atoms with Gasteiger partial charge in [-0.2, -0.15) is 0 Å². The third-order valence-corrected chi connectivity index (χ3v) is 8.43. The van der Waals surface area contributed by atoms with E-state index in [1.54, 1.807) is 23.0 Å². The van der Waals surface area contributed by atoms with Crippen LogP contribution < -0.4 is 21.3 Å². The van der Waals surface area contributed by atoms with Crippen molar-refractivity contribution < 1.29 is 18.7 Å². The zero-order chi connectivity index (χ0) is 29.0. The molecule has 2 aliphatic heterocycles. The van der Waals surface area contributed by atoms with Crippen molar-refractivity contribution in [2.75, 3.05) is 25.5 Å². The number of ether oxygens (including phenoxy) is 1. The number of carbonyl (C=O) groups is 2. The minimum atomic E-state index is -0.730. The number of urea groups is 1. The van der Waals surface area contributed by atoms with E-state index in [9.17, 15) is 19.2 Å². The first-order valence-electron chi connectivity index (χ1n) is 14.2. The summed E-state index contributed by atoms with van der Waals surface area (Å²) >= 11 is 0. The number of carbonyl (C=O) groups excluding carboxylic acids is 2. The summed E-state index contributed by atoms with van der Waals surface area (Å²) in [5.74, 6) is 0.0882. The predicted molar refractivity (Wildman–Crippen MR) is 152 cm³/mol. The van der Waals surface area contributed by atoms with Gasteiger partial charge in [0.15, 0.2) is 0 Å². The first-order chi connectivity index (χ1) is 19.7.